The molecule has 0 saturated carbocycles. The van der Waals surface area contributed by atoms with Crippen molar-refractivity contribution in [3.63, 3.8) is 0 Å². The van der Waals surface area contributed by atoms with Gasteiger partial charge in [0, 0.05) is 6.42 Å². The second kappa shape index (κ2) is 62.0. The summed E-state index contributed by atoms with van der Waals surface area (Å²) in [6.07, 6.45) is 89.5. The molecule has 2 N–H and O–H groups in total. The monoisotopic (exact) mass is 1150 g/mol. The van der Waals surface area contributed by atoms with Crippen LogP contribution in [0.15, 0.2) is 97.2 Å². The Balaban J connectivity index is 4.15. The lowest BCUT2D eigenvalue weighted by Crippen LogP contribution is -2.45. The van der Waals surface area contributed by atoms with E-state index in [1.165, 1.54) is 180 Å². The third-order valence-electron chi connectivity index (χ3n) is 15.0. The first kappa shape index (κ1) is 78.4. The van der Waals surface area contributed by atoms with Gasteiger partial charge in [-0.15, -0.1) is 0 Å². The molecule has 0 heterocycles. The molecule has 0 aliphatic rings. The number of aliphatic hydroxyl groups is 1. The summed E-state index contributed by atoms with van der Waals surface area (Å²) in [7, 11) is 1.24. The number of rotatable bonds is 62. The van der Waals surface area contributed by atoms with E-state index < -0.39 is 26.6 Å². The first-order valence-corrected chi connectivity index (χ1v) is 35.6. The van der Waals surface area contributed by atoms with E-state index in [9.17, 15) is 19.4 Å². The highest BCUT2D eigenvalue weighted by molar-refractivity contribution is 7.45. The third kappa shape index (κ3) is 64.8. The van der Waals surface area contributed by atoms with Crippen molar-refractivity contribution in [1.29, 1.82) is 0 Å². The Kier molecular flexibility index (Phi) is 60.0. The summed E-state index contributed by atoms with van der Waals surface area (Å²) < 4.78 is 23.4. The maximum absolute atomic E-state index is 13.0. The van der Waals surface area contributed by atoms with Gasteiger partial charge in [0.1, 0.15) is 13.2 Å². The summed E-state index contributed by atoms with van der Waals surface area (Å²) >= 11 is 0. The molecule has 0 bridgehead atoms. The van der Waals surface area contributed by atoms with Crippen LogP contribution in [-0.2, 0) is 18.4 Å². The third-order valence-corrected chi connectivity index (χ3v) is 16.0. The Bertz CT molecular complexity index is 1640. The van der Waals surface area contributed by atoms with Gasteiger partial charge in [0.15, 0.2) is 0 Å². The number of hydrogen-bond donors (Lipinski definition) is 2. The van der Waals surface area contributed by atoms with Crippen LogP contribution in [0.4, 0.5) is 0 Å². The minimum Gasteiger partial charge on any atom is -0.756 e. The predicted molar refractivity (Wildman–Crippen MR) is 353 cm³/mol. The molecule has 470 valence electrons. The van der Waals surface area contributed by atoms with Gasteiger partial charge in [-0.2, -0.15) is 0 Å². The van der Waals surface area contributed by atoms with Gasteiger partial charge in [-0.25, -0.2) is 0 Å². The van der Waals surface area contributed by atoms with E-state index in [2.05, 4.69) is 104 Å². The molecule has 0 aliphatic heterocycles. The Morgan fingerprint density at radius 3 is 1.10 bits per heavy atom. The number of carbonyl (C=O) groups excluding carboxylic acids is 1. The van der Waals surface area contributed by atoms with Gasteiger partial charge in [-0.1, -0.05) is 317 Å². The summed E-state index contributed by atoms with van der Waals surface area (Å²) in [6.45, 7) is 4.54. The fraction of sp³-hybridized carbons (Fsp3) is 0.764. The maximum atomic E-state index is 13.0. The van der Waals surface area contributed by atoms with E-state index in [1.807, 2.05) is 27.2 Å². The highest BCUT2D eigenvalue weighted by atomic mass is 31.2. The van der Waals surface area contributed by atoms with Gasteiger partial charge < -0.3 is 28.8 Å². The molecule has 0 fully saturated rings. The number of phosphoric acid groups is 1. The number of likely N-dealkylation sites (N-methyl/N-ethyl adjacent to an activating group) is 1. The fourth-order valence-electron chi connectivity index (χ4n) is 9.78. The van der Waals surface area contributed by atoms with Crippen molar-refractivity contribution >= 4 is 13.7 Å². The number of allylic oxidation sites excluding steroid dienone is 15. The predicted octanol–water partition coefficient (Wildman–Crippen LogP) is 21.1. The molecule has 0 saturated heterocycles. The number of aliphatic hydroxyl groups excluding tert-OH is 1. The largest absolute Gasteiger partial charge is 0.756 e. The molecule has 81 heavy (non-hydrogen) atoms. The molecule has 1 amide bonds. The summed E-state index contributed by atoms with van der Waals surface area (Å²) in [5, 5.41) is 13.9. The van der Waals surface area contributed by atoms with Crippen molar-refractivity contribution in [2.75, 3.05) is 40.9 Å². The van der Waals surface area contributed by atoms with Crippen LogP contribution in [0.1, 0.15) is 303 Å². The van der Waals surface area contributed by atoms with Crippen molar-refractivity contribution in [3.05, 3.63) is 97.2 Å². The van der Waals surface area contributed by atoms with Gasteiger partial charge in [0.05, 0.1) is 39.9 Å². The number of hydrogen-bond acceptors (Lipinski definition) is 6. The number of phosphoric ester groups is 1. The van der Waals surface area contributed by atoms with Crippen LogP contribution in [0.3, 0.4) is 0 Å². The number of quaternary nitrogens is 1. The number of nitrogens with zero attached hydrogens (tertiary/aromatic N) is 1. The van der Waals surface area contributed by atoms with Gasteiger partial charge in [-0.05, 0) is 77.0 Å². The topological polar surface area (TPSA) is 108 Å². The second-order valence-electron chi connectivity index (χ2n) is 24.2. The molecule has 3 atom stereocenters. The van der Waals surface area contributed by atoms with Crippen LogP contribution in [0.25, 0.3) is 0 Å². The van der Waals surface area contributed by atoms with Crippen molar-refractivity contribution in [3.8, 4) is 0 Å². The van der Waals surface area contributed by atoms with E-state index in [1.54, 1.807) is 6.08 Å². The number of nitrogens with one attached hydrogen (secondary N) is 1. The van der Waals surface area contributed by atoms with Crippen LogP contribution in [-0.4, -0.2) is 68.5 Å². The Hall–Kier alpha value is -2.58. The van der Waals surface area contributed by atoms with Gasteiger partial charge in [0.2, 0.25) is 5.91 Å². The number of unbranched alkanes of at least 4 members (excludes halogenated alkanes) is 35. The molecular formula is C72H131N2O6P. The fourth-order valence-corrected chi connectivity index (χ4v) is 10.5. The van der Waals surface area contributed by atoms with Crippen LogP contribution in [0.5, 0.6) is 0 Å². The normalized spacial score (nSPS) is 14.3. The second-order valence-corrected chi connectivity index (χ2v) is 25.6. The summed E-state index contributed by atoms with van der Waals surface area (Å²) in [5.74, 6) is -0.217. The highest BCUT2D eigenvalue weighted by Crippen LogP contribution is 2.38. The van der Waals surface area contributed by atoms with Crippen LogP contribution in [0, 0.1) is 0 Å². The molecular weight excluding hydrogens is 1020 g/mol. The van der Waals surface area contributed by atoms with Crippen molar-refractivity contribution < 1.29 is 32.9 Å². The zero-order valence-corrected chi connectivity index (χ0v) is 54.6. The van der Waals surface area contributed by atoms with Gasteiger partial charge in [0.25, 0.3) is 7.82 Å². The molecule has 0 aromatic carbocycles. The molecule has 3 unspecified atom stereocenters. The molecule has 0 aromatic heterocycles. The first-order chi connectivity index (χ1) is 39.5. The van der Waals surface area contributed by atoms with Crippen molar-refractivity contribution in [2.45, 2.75) is 315 Å². The Labute approximate surface area is 502 Å². The van der Waals surface area contributed by atoms with Crippen LogP contribution in [0.2, 0.25) is 0 Å². The van der Waals surface area contributed by atoms with Crippen LogP contribution < -0.4 is 10.2 Å². The zero-order valence-electron chi connectivity index (χ0n) is 53.7. The average Bonchev–Trinajstić information content (AvgIpc) is 3.43. The standard InChI is InChI=1S/C72H131N2O6P/c1-6-8-10-12-14-16-18-20-22-24-26-28-30-32-34-35-36-37-38-40-41-43-45-47-49-51-53-55-57-59-61-63-65-71(75)70(69-80-81(77,78)79-68-67-74(3,4)5)73-72(76)66-64-62-60-58-56-54-52-50-48-46-44-42-39-33-31-29-27-25-23-21-19-17-15-13-11-9-7-2/h9,11,15,17,21,23,27,29,33,39,44,46,50,52,63,65,70-71,75H,6-8,10,12-14,16,18-20,22,24-26,28,30-32,34-38,40-43,45,47-49,51,53-62,64,66-69H2,1-5H3,(H-,73,76,77,78)/b11-9-,17-15-,23-21-,29-27-,39-33-,46-44-,52-50-,65-63+. The van der Waals surface area contributed by atoms with Gasteiger partial charge in [-0.3, -0.25) is 9.36 Å². The lowest BCUT2D eigenvalue weighted by atomic mass is 10.0. The Morgan fingerprint density at radius 1 is 0.444 bits per heavy atom. The zero-order chi connectivity index (χ0) is 59.1. The summed E-state index contributed by atoms with van der Waals surface area (Å²) in [5.41, 5.74) is 0. The molecule has 0 radical (unpaired) electrons. The number of amides is 1. The molecule has 8 nitrogen and oxygen atoms in total. The van der Waals surface area contributed by atoms with Crippen molar-refractivity contribution in [1.82, 2.24) is 5.32 Å². The highest BCUT2D eigenvalue weighted by Gasteiger charge is 2.23. The minimum atomic E-state index is -4.62. The quantitative estimate of drug-likeness (QED) is 0.0272. The van der Waals surface area contributed by atoms with Gasteiger partial charge >= 0.3 is 0 Å². The maximum Gasteiger partial charge on any atom is 0.268 e. The molecule has 0 rings (SSSR count). The van der Waals surface area contributed by atoms with Crippen molar-refractivity contribution in [2.24, 2.45) is 0 Å². The van der Waals surface area contributed by atoms with E-state index in [4.69, 9.17) is 9.05 Å². The van der Waals surface area contributed by atoms with E-state index in [-0.39, 0.29) is 12.5 Å². The van der Waals surface area contributed by atoms with E-state index >= 15 is 0 Å². The summed E-state index contributed by atoms with van der Waals surface area (Å²) in [4.78, 5) is 25.6. The van der Waals surface area contributed by atoms with E-state index in [0.29, 0.717) is 17.4 Å². The lowest BCUT2D eigenvalue weighted by molar-refractivity contribution is -0.870. The Morgan fingerprint density at radius 2 is 0.753 bits per heavy atom. The molecule has 0 aromatic rings. The molecule has 0 spiro atoms. The first-order valence-electron chi connectivity index (χ1n) is 34.1. The molecule has 9 heteroatoms. The molecule has 0 aliphatic carbocycles. The smallest absolute Gasteiger partial charge is 0.268 e. The average molecular weight is 1150 g/mol. The van der Waals surface area contributed by atoms with E-state index in [0.717, 1.165) is 103 Å². The summed E-state index contributed by atoms with van der Waals surface area (Å²) in [6, 6.07) is -0.906. The minimum absolute atomic E-state index is 0.00985. The SMILES string of the molecule is CC/C=C\C/C=C\C/C=C\C/C=C\C/C=C\C/C=C\C/C=C\CCCCCCCC(=O)NC(COP(=O)([O-])OCC[N+](C)(C)C)C(O)/C=C/CCCCCCCCCCCCCCCCCCCCCCCCCCCCCCCC. The number of carbonyl (C=O) groups is 1. The lowest BCUT2D eigenvalue weighted by Gasteiger charge is -2.29. The van der Waals surface area contributed by atoms with Crippen LogP contribution >= 0.6 is 7.82 Å².